The number of rotatable bonds is 5. The number of nitrogens with zero attached hydrogens (tertiary/aromatic N) is 4. The number of nitro groups is 1. The molecule has 8 heteroatoms. The number of anilines is 1. The molecule has 0 spiro atoms. The summed E-state index contributed by atoms with van der Waals surface area (Å²) < 4.78 is 14.8. The van der Waals surface area contributed by atoms with E-state index in [-0.39, 0.29) is 11.5 Å². The first kappa shape index (κ1) is 17.3. The monoisotopic (exact) mass is 353 g/mol. The number of halogens is 1. The number of hydrazone groups is 1. The van der Waals surface area contributed by atoms with Gasteiger partial charge in [-0.25, -0.2) is 9.07 Å². The molecule has 0 atom stereocenters. The number of nitro benzene ring substituents is 1. The molecule has 26 heavy (non-hydrogen) atoms. The highest BCUT2D eigenvalue weighted by Crippen LogP contribution is 2.18. The largest absolute Gasteiger partial charge is 0.278 e. The minimum Gasteiger partial charge on any atom is -0.278 e. The normalized spacial score (nSPS) is 11.0. The van der Waals surface area contributed by atoms with Gasteiger partial charge in [0.15, 0.2) is 0 Å². The zero-order valence-corrected chi connectivity index (χ0v) is 14.2. The number of hydrogen-bond donors (Lipinski definition) is 1. The average molecular weight is 353 g/mol. The molecule has 1 aromatic heterocycles. The first-order chi connectivity index (χ1) is 12.5. The van der Waals surface area contributed by atoms with Gasteiger partial charge >= 0.3 is 0 Å². The molecule has 0 fully saturated rings. The van der Waals surface area contributed by atoms with Crippen molar-refractivity contribution < 1.29 is 9.31 Å². The Morgan fingerprint density at radius 2 is 1.96 bits per heavy atom. The third-order valence-electron chi connectivity index (χ3n) is 3.86. The molecular weight excluding hydrogens is 337 g/mol. The topological polar surface area (TPSA) is 85.3 Å². The van der Waals surface area contributed by atoms with E-state index in [4.69, 9.17) is 0 Å². The van der Waals surface area contributed by atoms with E-state index in [1.807, 2.05) is 13.8 Å². The molecule has 0 saturated carbocycles. The van der Waals surface area contributed by atoms with Gasteiger partial charge in [0, 0.05) is 17.7 Å². The zero-order chi connectivity index (χ0) is 18.7. The quantitative estimate of drug-likeness (QED) is 0.427. The van der Waals surface area contributed by atoms with E-state index in [1.165, 1.54) is 24.3 Å². The lowest BCUT2D eigenvalue weighted by Gasteiger charge is -2.04. The van der Waals surface area contributed by atoms with Crippen molar-refractivity contribution in [2.45, 2.75) is 13.8 Å². The van der Waals surface area contributed by atoms with Crippen LogP contribution in [0.3, 0.4) is 0 Å². The van der Waals surface area contributed by atoms with Gasteiger partial charge in [-0.3, -0.25) is 15.5 Å². The summed E-state index contributed by atoms with van der Waals surface area (Å²) in [7, 11) is 0. The van der Waals surface area contributed by atoms with Gasteiger partial charge in [0.1, 0.15) is 5.82 Å². The third-order valence-corrected chi connectivity index (χ3v) is 3.86. The number of aromatic nitrogens is 2. The first-order valence-electron chi connectivity index (χ1n) is 7.81. The molecule has 1 N–H and O–H groups in total. The highest BCUT2D eigenvalue weighted by atomic mass is 19.1. The molecule has 0 aliphatic carbocycles. The molecule has 0 aliphatic heterocycles. The maximum Gasteiger partial charge on any atom is 0.271 e. The van der Waals surface area contributed by atoms with Crippen LogP contribution in [0.5, 0.6) is 0 Å². The molecule has 0 unspecified atom stereocenters. The van der Waals surface area contributed by atoms with Crippen LogP contribution < -0.4 is 5.43 Å². The molecule has 0 aliphatic rings. The van der Waals surface area contributed by atoms with Crippen molar-refractivity contribution >= 4 is 17.6 Å². The minimum atomic E-state index is -0.462. The average Bonchev–Trinajstić information content (AvgIpc) is 2.91. The Bertz CT molecular complexity index is 980. The predicted octanol–water partition coefficient (Wildman–Crippen LogP) is 3.98. The summed E-state index contributed by atoms with van der Waals surface area (Å²) >= 11 is 0. The van der Waals surface area contributed by atoms with E-state index in [0.29, 0.717) is 5.69 Å². The SMILES string of the molecule is Cc1nn(-c2ccc(F)cc2)c(C)c1/C=N\Nc1cccc([N+](=O)[O-])c1. The fourth-order valence-electron chi connectivity index (χ4n) is 2.54. The molecule has 2 aromatic carbocycles. The van der Waals surface area contributed by atoms with Gasteiger partial charge < -0.3 is 0 Å². The minimum absolute atomic E-state index is 0.0123. The molecule has 3 rings (SSSR count). The highest BCUT2D eigenvalue weighted by molar-refractivity contribution is 5.83. The van der Waals surface area contributed by atoms with E-state index in [9.17, 15) is 14.5 Å². The molecule has 0 bridgehead atoms. The van der Waals surface area contributed by atoms with E-state index >= 15 is 0 Å². The highest BCUT2D eigenvalue weighted by Gasteiger charge is 2.11. The van der Waals surface area contributed by atoms with E-state index < -0.39 is 4.92 Å². The number of aryl methyl sites for hydroxylation is 1. The van der Waals surface area contributed by atoms with Crippen molar-refractivity contribution in [1.82, 2.24) is 9.78 Å². The van der Waals surface area contributed by atoms with Crippen LogP contribution in [-0.4, -0.2) is 20.9 Å². The third kappa shape index (κ3) is 3.59. The lowest BCUT2D eigenvalue weighted by molar-refractivity contribution is -0.384. The Hall–Kier alpha value is -3.55. The molecule has 0 radical (unpaired) electrons. The van der Waals surface area contributed by atoms with Gasteiger partial charge in [-0.2, -0.15) is 10.2 Å². The summed E-state index contributed by atoms with van der Waals surface area (Å²) in [6.45, 7) is 3.74. The Morgan fingerprint density at radius 3 is 2.65 bits per heavy atom. The second-order valence-electron chi connectivity index (χ2n) is 5.65. The fourth-order valence-corrected chi connectivity index (χ4v) is 2.54. The molecular formula is C18H16FN5O2. The summed E-state index contributed by atoms with van der Waals surface area (Å²) in [6, 6.07) is 12.1. The molecule has 7 nitrogen and oxygen atoms in total. The maximum atomic E-state index is 13.1. The zero-order valence-electron chi connectivity index (χ0n) is 14.2. The van der Waals surface area contributed by atoms with Gasteiger partial charge in [-0.15, -0.1) is 0 Å². The second-order valence-corrected chi connectivity index (χ2v) is 5.65. The smallest absolute Gasteiger partial charge is 0.271 e. The van der Waals surface area contributed by atoms with Crippen LogP contribution in [0.2, 0.25) is 0 Å². The van der Waals surface area contributed by atoms with Gasteiger partial charge in [0.05, 0.1) is 33.9 Å². The maximum absolute atomic E-state index is 13.1. The Morgan fingerprint density at radius 1 is 1.23 bits per heavy atom. The Kier molecular flexibility index (Phi) is 4.74. The lowest BCUT2D eigenvalue weighted by atomic mass is 10.2. The molecule has 3 aromatic rings. The van der Waals surface area contributed by atoms with Gasteiger partial charge in [-0.05, 0) is 44.2 Å². The van der Waals surface area contributed by atoms with Crippen LogP contribution in [0.1, 0.15) is 17.0 Å². The molecule has 1 heterocycles. The Labute approximate surface area is 148 Å². The van der Waals surface area contributed by atoms with Crippen molar-refractivity contribution in [2.24, 2.45) is 5.10 Å². The lowest BCUT2D eigenvalue weighted by Crippen LogP contribution is -1.99. The van der Waals surface area contributed by atoms with E-state index in [1.54, 1.807) is 35.2 Å². The summed E-state index contributed by atoms with van der Waals surface area (Å²) in [5, 5.41) is 19.4. The van der Waals surface area contributed by atoms with Crippen molar-refractivity contribution in [3.05, 3.63) is 81.4 Å². The van der Waals surface area contributed by atoms with Crippen molar-refractivity contribution in [3.63, 3.8) is 0 Å². The first-order valence-corrected chi connectivity index (χ1v) is 7.81. The van der Waals surface area contributed by atoms with Crippen LogP contribution in [0.25, 0.3) is 5.69 Å². The Balaban J connectivity index is 1.82. The number of benzene rings is 2. The van der Waals surface area contributed by atoms with Crippen LogP contribution >= 0.6 is 0 Å². The van der Waals surface area contributed by atoms with Crippen LogP contribution in [0.15, 0.2) is 53.6 Å². The van der Waals surface area contributed by atoms with Crippen molar-refractivity contribution in [2.75, 3.05) is 5.43 Å². The van der Waals surface area contributed by atoms with E-state index in [0.717, 1.165) is 22.6 Å². The fraction of sp³-hybridized carbons (Fsp3) is 0.111. The summed E-state index contributed by atoms with van der Waals surface area (Å²) in [4.78, 5) is 10.3. The molecule has 0 saturated heterocycles. The predicted molar refractivity (Wildman–Crippen MR) is 97.3 cm³/mol. The van der Waals surface area contributed by atoms with Crippen LogP contribution in [-0.2, 0) is 0 Å². The van der Waals surface area contributed by atoms with Crippen molar-refractivity contribution in [3.8, 4) is 5.69 Å². The van der Waals surface area contributed by atoms with Gasteiger partial charge in [-0.1, -0.05) is 6.07 Å². The summed E-state index contributed by atoms with van der Waals surface area (Å²) in [5.41, 5.74) is 6.44. The molecule has 0 amide bonds. The van der Waals surface area contributed by atoms with Crippen LogP contribution in [0.4, 0.5) is 15.8 Å². The standard InChI is InChI=1S/C18H16FN5O2/c1-12-18(11-20-21-15-4-3-5-17(10-15)24(25)26)13(2)23(22-12)16-8-6-14(19)7-9-16/h3-11,21H,1-2H3/b20-11-. The van der Waals surface area contributed by atoms with Crippen molar-refractivity contribution in [1.29, 1.82) is 0 Å². The number of hydrogen-bond acceptors (Lipinski definition) is 5. The second kappa shape index (κ2) is 7.14. The van der Waals surface area contributed by atoms with Gasteiger partial charge in [0.25, 0.3) is 5.69 Å². The van der Waals surface area contributed by atoms with Crippen LogP contribution in [0, 0.1) is 29.8 Å². The summed E-state index contributed by atoms with van der Waals surface area (Å²) in [5.74, 6) is -0.307. The number of non-ortho nitro benzene ring substituents is 1. The van der Waals surface area contributed by atoms with Gasteiger partial charge in [0.2, 0.25) is 0 Å². The summed E-state index contributed by atoms with van der Waals surface area (Å²) in [6.07, 6.45) is 1.61. The number of nitrogens with one attached hydrogen (secondary N) is 1. The molecule has 132 valence electrons. The van der Waals surface area contributed by atoms with E-state index in [2.05, 4.69) is 15.6 Å².